The molecule has 6 nitrogen and oxygen atoms in total. The summed E-state index contributed by atoms with van der Waals surface area (Å²) >= 11 is 0. The number of hydrogen-bond acceptors (Lipinski definition) is 5. The Morgan fingerprint density at radius 3 is 1.03 bits per heavy atom. The van der Waals surface area contributed by atoms with Gasteiger partial charge in [-0.05, 0) is 64.2 Å². The molecule has 436 valence electrons. The number of nitrogens with one attached hydrogen (secondary N) is 1. The molecule has 0 aliphatic rings. The minimum atomic E-state index is -0.852. The Morgan fingerprint density at radius 1 is 0.378 bits per heavy atom. The fraction of sp³-hybridized carbons (Fsp3) is 0.882. The third kappa shape index (κ3) is 59.3. The van der Waals surface area contributed by atoms with Crippen molar-refractivity contribution in [2.75, 3.05) is 13.2 Å². The lowest BCUT2D eigenvalue weighted by atomic mass is 10.0. The van der Waals surface area contributed by atoms with Crippen molar-refractivity contribution in [3.05, 3.63) is 36.5 Å². The molecule has 0 aliphatic carbocycles. The molecule has 74 heavy (non-hydrogen) atoms. The van der Waals surface area contributed by atoms with Gasteiger partial charge >= 0.3 is 5.97 Å². The predicted molar refractivity (Wildman–Crippen MR) is 324 cm³/mol. The minimum Gasteiger partial charge on any atom is -0.466 e. The molecule has 0 spiro atoms. The summed E-state index contributed by atoms with van der Waals surface area (Å²) in [6.45, 7) is 4.92. The average molecular weight is 1040 g/mol. The highest BCUT2D eigenvalue weighted by molar-refractivity contribution is 5.76. The van der Waals surface area contributed by atoms with E-state index in [9.17, 15) is 19.8 Å². The Hall–Kier alpha value is -1.92. The van der Waals surface area contributed by atoms with E-state index in [2.05, 4.69) is 43.5 Å². The quantitative estimate of drug-likeness (QED) is 0.0320. The Labute approximate surface area is 462 Å². The van der Waals surface area contributed by atoms with Gasteiger partial charge in [-0.3, -0.25) is 9.59 Å². The Morgan fingerprint density at radius 2 is 0.676 bits per heavy atom. The number of unbranched alkanes of at least 4 members (excludes halogenated alkanes) is 47. The highest BCUT2D eigenvalue weighted by atomic mass is 16.5. The second-order valence-corrected chi connectivity index (χ2v) is 22.8. The van der Waals surface area contributed by atoms with Gasteiger partial charge < -0.3 is 20.3 Å². The normalized spacial score (nSPS) is 12.8. The maximum absolute atomic E-state index is 12.5. The first-order chi connectivity index (χ1) is 36.5. The smallest absolute Gasteiger partial charge is 0.305 e. The number of amides is 1. The van der Waals surface area contributed by atoms with Gasteiger partial charge in [0.05, 0.1) is 25.4 Å². The molecule has 0 heterocycles. The Kier molecular flexibility index (Phi) is 62.0. The SMILES string of the molecule is CCCCCCCCCCCCCCCCCCCC/C=C/C(O)C(CO)NC(=O)CCCCCCCCC/C=C\C/C=C\CCCCCCCCCCCOC(=O)CCCCCCCCCCCCCCCC. The Bertz CT molecular complexity index is 1200. The number of allylic oxidation sites excluding steroid dienone is 5. The molecule has 0 aromatic carbocycles. The summed E-state index contributed by atoms with van der Waals surface area (Å²) in [4.78, 5) is 24.6. The van der Waals surface area contributed by atoms with Crippen LogP contribution in [0.3, 0.4) is 0 Å². The van der Waals surface area contributed by atoms with Crippen LogP contribution in [0.2, 0.25) is 0 Å². The standard InChI is InChI=1S/C68H129NO5/c1-3-5-7-9-11-13-15-17-19-20-21-27-30-33-36-40-44-48-52-56-60-66(71)65(64-70)69-67(72)61-57-53-49-45-41-37-34-31-28-25-23-22-24-26-29-32-35-39-43-47-51-55-59-63-74-68(73)62-58-54-50-46-42-38-18-16-14-12-10-8-6-4-2/h22,24-25,28,56,60,65-66,70-71H,3-21,23,26-27,29-55,57-59,61-64H2,1-2H3,(H,69,72)/b24-22-,28-25-,60-56+. The number of aliphatic hydroxyl groups excluding tert-OH is 2. The molecule has 2 atom stereocenters. The van der Waals surface area contributed by atoms with Gasteiger partial charge in [0.1, 0.15) is 0 Å². The van der Waals surface area contributed by atoms with Crippen LogP contribution in [0.4, 0.5) is 0 Å². The lowest BCUT2D eigenvalue weighted by Crippen LogP contribution is -2.45. The van der Waals surface area contributed by atoms with Crippen molar-refractivity contribution >= 4 is 11.9 Å². The second kappa shape index (κ2) is 63.6. The van der Waals surface area contributed by atoms with E-state index in [-0.39, 0.29) is 18.5 Å². The van der Waals surface area contributed by atoms with Gasteiger partial charge in [0.2, 0.25) is 5.91 Å². The number of carbonyl (C=O) groups is 2. The number of esters is 1. The molecule has 0 fully saturated rings. The van der Waals surface area contributed by atoms with Crippen LogP contribution in [0.25, 0.3) is 0 Å². The maximum atomic E-state index is 12.5. The van der Waals surface area contributed by atoms with Crippen molar-refractivity contribution in [3.63, 3.8) is 0 Å². The van der Waals surface area contributed by atoms with E-state index in [0.29, 0.717) is 19.4 Å². The third-order valence-corrected chi connectivity index (χ3v) is 15.4. The molecule has 0 saturated heterocycles. The summed E-state index contributed by atoms with van der Waals surface area (Å²) in [7, 11) is 0. The van der Waals surface area contributed by atoms with Gasteiger partial charge in [-0.1, -0.05) is 320 Å². The summed E-state index contributed by atoms with van der Waals surface area (Å²) in [5.41, 5.74) is 0. The van der Waals surface area contributed by atoms with Crippen molar-refractivity contribution in [1.29, 1.82) is 0 Å². The van der Waals surface area contributed by atoms with Gasteiger partial charge in [-0.15, -0.1) is 0 Å². The van der Waals surface area contributed by atoms with Gasteiger partial charge in [-0.25, -0.2) is 0 Å². The lowest BCUT2D eigenvalue weighted by molar-refractivity contribution is -0.143. The van der Waals surface area contributed by atoms with Gasteiger partial charge in [0, 0.05) is 12.8 Å². The maximum Gasteiger partial charge on any atom is 0.305 e. The van der Waals surface area contributed by atoms with Crippen molar-refractivity contribution in [3.8, 4) is 0 Å². The lowest BCUT2D eigenvalue weighted by Gasteiger charge is -2.20. The zero-order valence-corrected chi connectivity index (χ0v) is 49.8. The predicted octanol–water partition coefficient (Wildman–Crippen LogP) is 21.1. The summed E-state index contributed by atoms with van der Waals surface area (Å²) in [5.74, 6) is -0.0665. The van der Waals surface area contributed by atoms with Crippen LogP contribution >= 0.6 is 0 Å². The molecule has 0 saturated carbocycles. The number of rotatable bonds is 62. The topological polar surface area (TPSA) is 95.9 Å². The van der Waals surface area contributed by atoms with Crippen LogP contribution in [0.15, 0.2) is 36.5 Å². The van der Waals surface area contributed by atoms with E-state index in [1.807, 2.05) is 6.08 Å². The highest BCUT2D eigenvalue weighted by Crippen LogP contribution is 2.18. The van der Waals surface area contributed by atoms with Crippen LogP contribution in [0, 0.1) is 0 Å². The van der Waals surface area contributed by atoms with Crippen LogP contribution in [-0.2, 0) is 14.3 Å². The van der Waals surface area contributed by atoms with Crippen molar-refractivity contribution in [1.82, 2.24) is 5.32 Å². The van der Waals surface area contributed by atoms with Gasteiger partial charge in [-0.2, -0.15) is 0 Å². The molecular weight excluding hydrogens is 911 g/mol. The van der Waals surface area contributed by atoms with Crippen LogP contribution in [0.1, 0.15) is 361 Å². The van der Waals surface area contributed by atoms with Gasteiger partial charge in [0.25, 0.3) is 0 Å². The van der Waals surface area contributed by atoms with E-state index in [1.165, 1.54) is 276 Å². The van der Waals surface area contributed by atoms with E-state index in [4.69, 9.17) is 4.74 Å². The molecule has 1 amide bonds. The Balaban J connectivity index is 3.47. The minimum absolute atomic E-state index is 0.00910. The first kappa shape index (κ1) is 72.1. The number of hydrogen-bond donors (Lipinski definition) is 3. The molecule has 3 N–H and O–H groups in total. The molecule has 0 radical (unpaired) electrons. The number of aliphatic hydroxyl groups is 2. The zero-order chi connectivity index (χ0) is 53.6. The monoisotopic (exact) mass is 1040 g/mol. The number of ether oxygens (including phenoxy) is 1. The fourth-order valence-corrected chi connectivity index (χ4v) is 10.3. The van der Waals surface area contributed by atoms with Crippen molar-refractivity contribution < 1.29 is 24.5 Å². The molecule has 2 unspecified atom stereocenters. The highest BCUT2D eigenvalue weighted by Gasteiger charge is 2.18. The summed E-state index contributed by atoms with van der Waals surface area (Å²) < 4.78 is 5.48. The van der Waals surface area contributed by atoms with E-state index < -0.39 is 12.1 Å². The fourth-order valence-electron chi connectivity index (χ4n) is 10.3. The van der Waals surface area contributed by atoms with Crippen molar-refractivity contribution in [2.45, 2.75) is 373 Å². The van der Waals surface area contributed by atoms with Crippen LogP contribution in [-0.4, -0.2) is 47.4 Å². The molecule has 0 aliphatic heterocycles. The summed E-state index contributed by atoms with van der Waals surface area (Å²) in [5, 5.41) is 23.2. The first-order valence-corrected chi connectivity index (χ1v) is 33.3. The summed E-state index contributed by atoms with van der Waals surface area (Å²) in [6, 6.07) is -0.637. The van der Waals surface area contributed by atoms with Gasteiger partial charge in [0.15, 0.2) is 0 Å². The largest absolute Gasteiger partial charge is 0.466 e. The molecule has 0 bridgehead atoms. The molecule has 6 heteroatoms. The van der Waals surface area contributed by atoms with Crippen LogP contribution < -0.4 is 5.32 Å². The number of carbonyl (C=O) groups excluding carboxylic acids is 2. The van der Waals surface area contributed by atoms with E-state index >= 15 is 0 Å². The molecule has 0 aromatic rings. The first-order valence-electron chi connectivity index (χ1n) is 33.3. The van der Waals surface area contributed by atoms with Crippen LogP contribution in [0.5, 0.6) is 0 Å². The third-order valence-electron chi connectivity index (χ3n) is 15.4. The average Bonchev–Trinajstić information content (AvgIpc) is 3.40. The summed E-state index contributed by atoms with van der Waals surface area (Å²) in [6.07, 6.45) is 80.5. The molecule has 0 aromatic heterocycles. The van der Waals surface area contributed by atoms with E-state index in [0.717, 1.165) is 57.8 Å². The van der Waals surface area contributed by atoms with E-state index in [1.54, 1.807) is 6.08 Å². The molecule has 0 rings (SSSR count). The zero-order valence-electron chi connectivity index (χ0n) is 49.8. The molecular formula is C68H129NO5. The second-order valence-electron chi connectivity index (χ2n) is 22.8. The van der Waals surface area contributed by atoms with Crippen molar-refractivity contribution in [2.24, 2.45) is 0 Å².